The van der Waals surface area contributed by atoms with Gasteiger partial charge in [-0.1, -0.05) is 12.1 Å². The van der Waals surface area contributed by atoms with Crippen LogP contribution in [-0.2, 0) is 0 Å². The maximum absolute atomic E-state index is 12.4. The number of carbonyl (C=O) groups is 1. The van der Waals surface area contributed by atoms with Crippen LogP contribution in [0.25, 0.3) is 0 Å². The van der Waals surface area contributed by atoms with Gasteiger partial charge in [-0.25, -0.2) is 0 Å². The fourth-order valence-corrected chi connectivity index (χ4v) is 3.32. The molecule has 1 aromatic rings. The van der Waals surface area contributed by atoms with Crippen LogP contribution >= 0.6 is 0 Å². The van der Waals surface area contributed by atoms with Crippen molar-refractivity contribution in [1.82, 2.24) is 20.3 Å². The summed E-state index contributed by atoms with van der Waals surface area (Å²) in [6, 6.07) is 2.50. The van der Waals surface area contributed by atoms with E-state index < -0.39 is 0 Å². The molecule has 0 aromatic carbocycles. The normalized spacial score (nSPS) is 27.3. The van der Waals surface area contributed by atoms with E-state index in [-0.39, 0.29) is 11.9 Å². The van der Waals surface area contributed by atoms with Gasteiger partial charge >= 0.3 is 0 Å². The summed E-state index contributed by atoms with van der Waals surface area (Å²) in [6.07, 6.45) is 0. The third kappa shape index (κ3) is 3.03. The van der Waals surface area contributed by atoms with E-state index in [1.54, 1.807) is 6.07 Å². The molecular weight excluding hydrogens is 280 g/mol. The summed E-state index contributed by atoms with van der Waals surface area (Å²) < 4.78 is 5.34. The molecule has 0 bridgehead atoms. The van der Waals surface area contributed by atoms with Crippen LogP contribution < -0.4 is 5.32 Å². The van der Waals surface area contributed by atoms with Crippen LogP contribution in [0.15, 0.2) is 10.6 Å². The summed E-state index contributed by atoms with van der Waals surface area (Å²) in [5, 5.41) is 7.06. The summed E-state index contributed by atoms with van der Waals surface area (Å²) in [5.74, 6) is 1.54. The molecule has 1 amide bonds. The van der Waals surface area contributed by atoms with Crippen molar-refractivity contribution in [1.29, 1.82) is 0 Å². The molecule has 1 unspecified atom stereocenters. The van der Waals surface area contributed by atoms with Crippen LogP contribution in [0.1, 0.15) is 42.9 Å². The Hall–Kier alpha value is -1.40. The van der Waals surface area contributed by atoms with Crippen molar-refractivity contribution < 1.29 is 9.32 Å². The Kier molecular flexibility index (Phi) is 4.23. The minimum absolute atomic E-state index is 0.120. The van der Waals surface area contributed by atoms with Crippen molar-refractivity contribution in [3.63, 3.8) is 0 Å². The second-order valence-electron chi connectivity index (χ2n) is 7.14. The Bertz CT molecular complexity index is 536. The lowest BCUT2D eigenvalue weighted by molar-refractivity contribution is 0.0921. The van der Waals surface area contributed by atoms with Gasteiger partial charge in [0.1, 0.15) is 5.76 Å². The monoisotopic (exact) mass is 306 g/mol. The Morgan fingerprint density at radius 2 is 2.09 bits per heavy atom. The molecule has 2 aliphatic heterocycles. The first-order valence-corrected chi connectivity index (χ1v) is 8.14. The number of carbonyl (C=O) groups excluding carboxylic acids is 1. The second kappa shape index (κ2) is 6.01. The number of rotatable bonds is 4. The molecule has 3 rings (SSSR count). The molecule has 1 N–H and O–H groups in total. The second-order valence-corrected chi connectivity index (χ2v) is 7.14. The van der Waals surface area contributed by atoms with E-state index >= 15 is 0 Å². The zero-order valence-electron chi connectivity index (χ0n) is 13.9. The Morgan fingerprint density at radius 1 is 1.36 bits per heavy atom. The molecule has 2 fully saturated rings. The number of nitrogens with one attached hydrogen (secondary N) is 1. The molecule has 3 heterocycles. The lowest BCUT2D eigenvalue weighted by Gasteiger charge is -2.34. The van der Waals surface area contributed by atoms with E-state index in [1.807, 2.05) is 0 Å². The summed E-state index contributed by atoms with van der Waals surface area (Å²) in [6.45, 7) is 10.4. The average molecular weight is 306 g/mol. The number of hydrogen-bond acceptors (Lipinski definition) is 5. The van der Waals surface area contributed by atoms with Crippen molar-refractivity contribution in [3.8, 4) is 0 Å². The van der Waals surface area contributed by atoms with Gasteiger partial charge in [0.2, 0.25) is 0 Å². The number of amides is 1. The van der Waals surface area contributed by atoms with Gasteiger partial charge in [-0.05, 0) is 26.8 Å². The first-order chi connectivity index (χ1) is 10.4. The highest BCUT2D eigenvalue weighted by atomic mass is 16.5. The molecule has 0 spiro atoms. The van der Waals surface area contributed by atoms with E-state index in [0.29, 0.717) is 23.6 Å². The predicted octanol–water partition coefficient (Wildman–Crippen LogP) is 1.16. The molecular formula is C16H26N4O2. The van der Waals surface area contributed by atoms with E-state index in [9.17, 15) is 4.79 Å². The molecule has 2 saturated heterocycles. The van der Waals surface area contributed by atoms with Gasteiger partial charge in [0.15, 0.2) is 5.69 Å². The molecule has 1 aromatic heterocycles. The summed E-state index contributed by atoms with van der Waals surface area (Å²) in [7, 11) is 2.07. The largest absolute Gasteiger partial charge is 0.360 e. The highest BCUT2D eigenvalue weighted by Crippen LogP contribution is 2.26. The molecule has 6 nitrogen and oxygen atoms in total. The summed E-state index contributed by atoms with van der Waals surface area (Å²) >= 11 is 0. The van der Waals surface area contributed by atoms with Gasteiger partial charge in [0.25, 0.3) is 5.91 Å². The molecule has 6 heteroatoms. The third-order valence-electron chi connectivity index (χ3n) is 4.91. The zero-order chi connectivity index (χ0) is 15.9. The first-order valence-electron chi connectivity index (χ1n) is 8.14. The van der Waals surface area contributed by atoms with Crippen LogP contribution in [0.2, 0.25) is 0 Å². The van der Waals surface area contributed by atoms with Crippen LogP contribution in [0.5, 0.6) is 0 Å². The summed E-state index contributed by atoms with van der Waals surface area (Å²) in [4.78, 5) is 17.0. The van der Waals surface area contributed by atoms with Crippen molar-refractivity contribution >= 4 is 5.91 Å². The van der Waals surface area contributed by atoms with Gasteiger partial charge in [-0.3, -0.25) is 9.69 Å². The Balaban J connectivity index is 1.58. The van der Waals surface area contributed by atoms with Gasteiger partial charge in [0.05, 0.1) is 0 Å². The van der Waals surface area contributed by atoms with Crippen LogP contribution in [0.3, 0.4) is 0 Å². The SMILES string of the molecule is CC1CN(C(C)C)C[C@H]1NC(=O)c1cc(C2CN(C)C2)on1. The number of likely N-dealkylation sites (N-methyl/N-ethyl adjacent to an activating group) is 1. The van der Waals surface area contributed by atoms with E-state index in [2.05, 4.69) is 48.1 Å². The molecule has 22 heavy (non-hydrogen) atoms. The van der Waals surface area contributed by atoms with Gasteiger partial charge in [0, 0.05) is 50.2 Å². The van der Waals surface area contributed by atoms with Gasteiger partial charge < -0.3 is 14.7 Å². The fourth-order valence-electron chi connectivity index (χ4n) is 3.32. The van der Waals surface area contributed by atoms with Crippen molar-refractivity contribution in [3.05, 3.63) is 17.5 Å². The molecule has 0 radical (unpaired) electrons. The number of aromatic nitrogens is 1. The first kappa shape index (κ1) is 15.5. The zero-order valence-corrected chi connectivity index (χ0v) is 13.9. The van der Waals surface area contributed by atoms with E-state index in [1.165, 1.54) is 0 Å². The maximum Gasteiger partial charge on any atom is 0.273 e. The third-order valence-corrected chi connectivity index (χ3v) is 4.91. The topological polar surface area (TPSA) is 61.6 Å². The Morgan fingerprint density at radius 3 is 2.68 bits per heavy atom. The molecule has 122 valence electrons. The summed E-state index contributed by atoms with van der Waals surface area (Å²) in [5.41, 5.74) is 0.403. The van der Waals surface area contributed by atoms with Crippen molar-refractivity contribution in [2.45, 2.75) is 38.8 Å². The quantitative estimate of drug-likeness (QED) is 0.904. The van der Waals surface area contributed by atoms with Crippen molar-refractivity contribution in [2.75, 3.05) is 33.2 Å². The molecule has 0 saturated carbocycles. The van der Waals surface area contributed by atoms with E-state index in [0.717, 1.165) is 31.9 Å². The van der Waals surface area contributed by atoms with Crippen LogP contribution in [0.4, 0.5) is 0 Å². The van der Waals surface area contributed by atoms with Gasteiger partial charge in [-0.15, -0.1) is 0 Å². The molecule has 2 aliphatic rings. The average Bonchev–Trinajstić information content (AvgIpc) is 3.03. The fraction of sp³-hybridized carbons (Fsp3) is 0.750. The number of hydrogen-bond donors (Lipinski definition) is 1. The standard InChI is InChI=1S/C16H26N4O2/c1-10(2)20-6-11(3)14(9-20)17-16(21)13-5-15(22-18-13)12-7-19(4)8-12/h5,10-12,14H,6-9H2,1-4H3,(H,17,21)/t11?,14-/m1/s1. The maximum atomic E-state index is 12.4. The minimum Gasteiger partial charge on any atom is -0.360 e. The lowest BCUT2D eigenvalue weighted by Crippen LogP contribution is -2.41. The Labute approximate surface area is 131 Å². The van der Waals surface area contributed by atoms with Crippen LogP contribution in [0, 0.1) is 5.92 Å². The van der Waals surface area contributed by atoms with Crippen molar-refractivity contribution in [2.24, 2.45) is 5.92 Å². The lowest BCUT2D eigenvalue weighted by atomic mass is 9.98. The smallest absolute Gasteiger partial charge is 0.273 e. The van der Waals surface area contributed by atoms with E-state index in [4.69, 9.17) is 4.52 Å². The highest BCUT2D eigenvalue weighted by Gasteiger charge is 2.33. The van der Waals surface area contributed by atoms with Gasteiger partial charge in [-0.2, -0.15) is 0 Å². The van der Waals surface area contributed by atoms with Crippen LogP contribution in [-0.4, -0.2) is 66.2 Å². The molecule has 2 atom stereocenters. The highest BCUT2D eigenvalue weighted by molar-refractivity contribution is 5.92. The predicted molar refractivity (Wildman–Crippen MR) is 83.9 cm³/mol. The minimum atomic E-state index is -0.120. The number of likely N-dealkylation sites (tertiary alicyclic amines) is 2. The number of nitrogens with zero attached hydrogens (tertiary/aromatic N) is 3. The molecule has 0 aliphatic carbocycles.